The highest BCUT2D eigenvalue weighted by Crippen LogP contribution is 2.35. The third kappa shape index (κ3) is 3.55. The maximum absolute atomic E-state index is 14.5. The summed E-state index contributed by atoms with van der Waals surface area (Å²) in [4.78, 5) is 27.0. The molecule has 27 heavy (non-hydrogen) atoms. The Kier molecular flexibility index (Phi) is 4.73. The molecule has 0 fully saturated rings. The Bertz CT molecular complexity index is 1050. The van der Waals surface area contributed by atoms with Gasteiger partial charge in [0.1, 0.15) is 11.3 Å². The highest BCUT2D eigenvalue weighted by atomic mass is 35.5. The Labute approximate surface area is 159 Å². The summed E-state index contributed by atoms with van der Waals surface area (Å²) in [5.74, 6) is -1.34. The number of aromatic nitrogens is 2. The van der Waals surface area contributed by atoms with Gasteiger partial charge in [-0.1, -0.05) is 11.6 Å². The van der Waals surface area contributed by atoms with E-state index in [0.717, 1.165) is 0 Å². The minimum atomic E-state index is -0.694. The molecule has 0 aliphatic rings. The van der Waals surface area contributed by atoms with E-state index < -0.39 is 23.5 Å². The number of aromatic amines is 1. The summed E-state index contributed by atoms with van der Waals surface area (Å²) in [6.07, 6.45) is 0.959. The van der Waals surface area contributed by atoms with Gasteiger partial charge in [-0.3, -0.25) is 4.57 Å². The number of nitrogens with zero attached hydrogens (tertiary/aromatic N) is 1. The van der Waals surface area contributed by atoms with Crippen molar-refractivity contribution in [1.29, 1.82) is 0 Å². The van der Waals surface area contributed by atoms with Crippen molar-refractivity contribution < 1.29 is 23.5 Å². The van der Waals surface area contributed by atoms with Gasteiger partial charge in [-0.05, 0) is 45.0 Å². The van der Waals surface area contributed by atoms with E-state index >= 15 is 0 Å². The Hall–Kier alpha value is -2.80. The number of hydrogen-bond donors (Lipinski definition) is 1. The number of methoxy groups -OCH3 is 1. The molecule has 0 saturated carbocycles. The minimum Gasteiger partial charge on any atom is -0.464 e. The first-order valence-corrected chi connectivity index (χ1v) is 8.50. The molecule has 0 aliphatic carbocycles. The number of benzene rings is 1. The smallest absolute Gasteiger partial charge is 0.418 e. The monoisotopic (exact) mass is 392 g/mol. The van der Waals surface area contributed by atoms with Gasteiger partial charge in [0.25, 0.3) is 0 Å². The fourth-order valence-corrected chi connectivity index (χ4v) is 2.93. The van der Waals surface area contributed by atoms with Gasteiger partial charge in [0.15, 0.2) is 5.82 Å². The first-order chi connectivity index (χ1) is 12.6. The molecule has 0 unspecified atom stereocenters. The quantitative estimate of drug-likeness (QED) is 0.623. The first kappa shape index (κ1) is 19.0. The topological polar surface area (TPSA) is 73.3 Å². The number of hydrogen-bond acceptors (Lipinski definition) is 4. The second kappa shape index (κ2) is 6.74. The predicted octanol–water partition coefficient (Wildman–Crippen LogP) is 5.00. The third-order valence-corrected chi connectivity index (χ3v) is 4.10. The van der Waals surface area contributed by atoms with Crippen molar-refractivity contribution in [2.24, 2.45) is 0 Å². The van der Waals surface area contributed by atoms with Crippen LogP contribution in [0.4, 0.5) is 9.18 Å². The normalized spacial score (nSPS) is 11.6. The molecular weight excluding hydrogens is 375 g/mol. The lowest BCUT2D eigenvalue weighted by Gasteiger charge is -2.20. The van der Waals surface area contributed by atoms with Crippen molar-refractivity contribution in [3.05, 3.63) is 47.0 Å². The van der Waals surface area contributed by atoms with Gasteiger partial charge in [-0.25, -0.2) is 14.0 Å². The van der Waals surface area contributed by atoms with E-state index in [1.807, 2.05) is 0 Å². The summed E-state index contributed by atoms with van der Waals surface area (Å²) >= 11 is 6.03. The van der Waals surface area contributed by atoms with Crippen LogP contribution in [-0.4, -0.2) is 34.3 Å². The van der Waals surface area contributed by atoms with E-state index in [-0.39, 0.29) is 16.2 Å². The van der Waals surface area contributed by atoms with Crippen LogP contribution in [0.1, 0.15) is 31.3 Å². The summed E-state index contributed by atoms with van der Waals surface area (Å²) in [6, 6.07) is 6.21. The van der Waals surface area contributed by atoms with E-state index in [4.69, 9.17) is 16.3 Å². The molecule has 0 spiro atoms. The molecule has 0 saturated heterocycles. The summed E-state index contributed by atoms with van der Waals surface area (Å²) in [5.41, 5.74) is 0.367. The molecule has 8 heteroatoms. The van der Waals surface area contributed by atoms with Crippen molar-refractivity contribution >= 4 is 34.6 Å². The zero-order valence-electron chi connectivity index (χ0n) is 15.2. The Morgan fingerprint density at radius 1 is 1.26 bits per heavy atom. The minimum absolute atomic E-state index is 0.0508. The molecule has 0 bridgehead atoms. The van der Waals surface area contributed by atoms with E-state index in [0.29, 0.717) is 16.6 Å². The Balaban J connectivity index is 2.20. The molecule has 3 aromatic rings. The highest BCUT2D eigenvalue weighted by molar-refractivity contribution is 6.32. The van der Waals surface area contributed by atoms with Crippen molar-refractivity contribution in [2.75, 3.05) is 7.11 Å². The van der Waals surface area contributed by atoms with Crippen molar-refractivity contribution in [3.63, 3.8) is 0 Å². The van der Waals surface area contributed by atoms with Gasteiger partial charge in [0.2, 0.25) is 0 Å². The van der Waals surface area contributed by atoms with Crippen LogP contribution in [-0.2, 0) is 9.47 Å². The van der Waals surface area contributed by atoms with Crippen LogP contribution >= 0.6 is 11.6 Å². The second-order valence-corrected chi connectivity index (χ2v) is 7.33. The predicted molar refractivity (Wildman–Crippen MR) is 99.7 cm³/mol. The second-order valence-electron chi connectivity index (χ2n) is 6.93. The average Bonchev–Trinajstić information content (AvgIpc) is 3.23. The molecule has 1 aromatic carbocycles. The van der Waals surface area contributed by atoms with Crippen LogP contribution < -0.4 is 0 Å². The summed E-state index contributed by atoms with van der Waals surface area (Å²) in [7, 11) is 1.23. The standard InChI is InChI=1S/C19H18ClFN2O4/c1-19(2,3)27-18(25)23-7-5-6-14(23)10-8-12(20)15(21)16-11(10)9-13(22-16)17(24)26-4/h5-9,22H,1-4H3. The number of halogens is 2. The maximum Gasteiger partial charge on any atom is 0.418 e. The summed E-state index contributed by atoms with van der Waals surface area (Å²) < 4.78 is 25.9. The van der Waals surface area contributed by atoms with Crippen LogP contribution in [0.2, 0.25) is 5.02 Å². The van der Waals surface area contributed by atoms with Crippen LogP contribution in [0.3, 0.4) is 0 Å². The molecule has 0 atom stereocenters. The van der Waals surface area contributed by atoms with E-state index in [1.165, 1.54) is 23.8 Å². The highest BCUT2D eigenvalue weighted by Gasteiger charge is 2.23. The van der Waals surface area contributed by atoms with Crippen molar-refractivity contribution in [3.8, 4) is 11.3 Å². The average molecular weight is 393 g/mol. The zero-order valence-corrected chi connectivity index (χ0v) is 16.0. The van der Waals surface area contributed by atoms with E-state index in [1.54, 1.807) is 39.1 Å². The first-order valence-electron chi connectivity index (χ1n) is 8.12. The van der Waals surface area contributed by atoms with Gasteiger partial charge in [0.05, 0.1) is 23.3 Å². The molecule has 0 amide bonds. The van der Waals surface area contributed by atoms with E-state index in [2.05, 4.69) is 9.72 Å². The van der Waals surface area contributed by atoms with Crippen LogP contribution in [0.5, 0.6) is 0 Å². The number of nitrogens with one attached hydrogen (secondary N) is 1. The third-order valence-electron chi connectivity index (χ3n) is 3.83. The van der Waals surface area contributed by atoms with Gasteiger partial charge in [-0.2, -0.15) is 0 Å². The summed E-state index contributed by atoms with van der Waals surface area (Å²) in [5, 5.41) is 0.244. The largest absolute Gasteiger partial charge is 0.464 e. The fourth-order valence-electron chi connectivity index (χ4n) is 2.73. The number of carbonyl (C=O) groups excluding carboxylic acids is 2. The molecule has 142 valence electrons. The number of H-pyrrole nitrogens is 1. The number of carbonyl (C=O) groups is 2. The van der Waals surface area contributed by atoms with Crippen LogP contribution in [0.15, 0.2) is 30.5 Å². The van der Waals surface area contributed by atoms with Gasteiger partial charge in [-0.15, -0.1) is 0 Å². The number of rotatable bonds is 2. The number of ether oxygens (including phenoxy) is 2. The number of esters is 1. The SMILES string of the molecule is COC(=O)c1cc2c(-c3cccn3C(=O)OC(C)(C)C)cc(Cl)c(F)c2[nH]1. The van der Waals surface area contributed by atoms with Gasteiger partial charge in [0, 0.05) is 17.1 Å². The number of fused-ring (bicyclic) bond motifs is 1. The summed E-state index contributed by atoms with van der Waals surface area (Å²) in [6.45, 7) is 5.28. The Morgan fingerprint density at radius 3 is 2.59 bits per heavy atom. The molecule has 0 aliphatic heterocycles. The molecule has 2 heterocycles. The van der Waals surface area contributed by atoms with Crippen LogP contribution in [0.25, 0.3) is 22.2 Å². The van der Waals surface area contributed by atoms with Gasteiger partial charge >= 0.3 is 12.1 Å². The lowest BCUT2D eigenvalue weighted by molar-refractivity contribution is 0.0538. The lowest BCUT2D eigenvalue weighted by Crippen LogP contribution is -2.27. The molecule has 3 rings (SSSR count). The van der Waals surface area contributed by atoms with Gasteiger partial charge < -0.3 is 14.5 Å². The zero-order chi connectivity index (χ0) is 19.9. The maximum atomic E-state index is 14.5. The molecule has 0 radical (unpaired) electrons. The van der Waals surface area contributed by atoms with Crippen molar-refractivity contribution in [1.82, 2.24) is 9.55 Å². The fraction of sp³-hybridized carbons (Fsp3) is 0.263. The van der Waals surface area contributed by atoms with Crippen molar-refractivity contribution in [2.45, 2.75) is 26.4 Å². The molecule has 6 nitrogen and oxygen atoms in total. The molecular formula is C19H18ClFN2O4. The molecule has 1 N–H and O–H groups in total. The van der Waals surface area contributed by atoms with E-state index in [9.17, 15) is 14.0 Å². The lowest BCUT2D eigenvalue weighted by atomic mass is 10.1. The van der Waals surface area contributed by atoms with Crippen LogP contribution in [0, 0.1) is 5.82 Å². The Morgan fingerprint density at radius 2 is 1.96 bits per heavy atom. The molecule has 2 aromatic heterocycles.